The Hall–Kier alpha value is -0.990. The van der Waals surface area contributed by atoms with Crippen LogP contribution in [0, 0.1) is 0 Å². The van der Waals surface area contributed by atoms with Crippen LogP contribution in [0.1, 0.15) is 12.0 Å². The molecule has 0 saturated carbocycles. The predicted molar refractivity (Wildman–Crippen MR) is 65.3 cm³/mol. The summed E-state index contributed by atoms with van der Waals surface area (Å²) in [5.41, 5.74) is 7.87. The molecule has 2 nitrogen and oxygen atoms in total. The van der Waals surface area contributed by atoms with Crippen molar-refractivity contribution in [2.24, 2.45) is 12.8 Å². The van der Waals surface area contributed by atoms with Gasteiger partial charge in [-0.3, -0.25) is 0 Å². The monoisotopic (exact) mass is 222 g/mol. The molecule has 0 aliphatic rings. The zero-order valence-electron chi connectivity index (χ0n) is 8.83. The number of nitrogens with zero attached hydrogens (tertiary/aromatic N) is 1. The van der Waals surface area contributed by atoms with Gasteiger partial charge in [0.25, 0.3) is 0 Å². The highest BCUT2D eigenvalue weighted by atomic mass is 35.5. The first-order valence-electron chi connectivity index (χ1n) is 5.16. The van der Waals surface area contributed by atoms with Crippen molar-refractivity contribution in [3.8, 4) is 0 Å². The first-order valence-corrected chi connectivity index (χ1v) is 5.54. The highest BCUT2D eigenvalue weighted by molar-refractivity contribution is 6.36. The van der Waals surface area contributed by atoms with Crippen molar-refractivity contribution >= 4 is 22.5 Å². The third-order valence-electron chi connectivity index (χ3n) is 2.73. The van der Waals surface area contributed by atoms with Crippen LogP contribution >= 0.6 is 11.6 Å². The van der Waals surface area contributed by atoms with E-state index in [1.807, 2.05) is 13.2 Å². The number of hydrogen-bond acceptors (Lipinski definition) is 1. The molecule has 0 radical (unpaired) electrons. The van der Waals surface area contributed by atoms with Gasteiger partial charge in [-0.2, -0.15) is 0 Å². The van der Waals surface area contributed by atoms with Gasteiger partial charge in [0.05, 0.1) is 5.02 Å². The molecule has 0 amide bonds. The molecule has 0 unspecified atom stereocenters. The summed E-state index contributed by atoms with van der Waals surface area (Å²) in [4.78, 5) is 0. The number of rotatable bonds is 3. The van der Waals surface area contributed by atoms with Gasteiger partial charge in [-0.1, -0.05) is 17.7 Å². The molecule has 2 N–H and O–H groups in total. The molecule has 2 rings (SSSR count). The van der Waals surface area contributed by atoms with Gasteiger partial charge >= 0.3 is 0 Å². The van der Waals surface area contributed by atoms with Crippen molar-refractivity contribution in [1.29, 1.82) is 0 Å². The molecule has 1 aromatic carbocycles. The largest absolute Gasteiger partial charge is 0.351 e. The summed E-state index contributed by atoms with van der Waals surface area (Å²) in [5, 5.41) is 2.01. The van der Waals surface area contributed by atoms with E-state index in [1.54, 1.807) is 0 Å². The number of nitrogens with two attached hydrogens (primary N) is 1. The highest BCUT2D eigenvalue weighted by Gasteiger charge is 2.06. The number of halogens is 1. The number of benzene rings is 1. The molecule has 0 aliphatic carbocycles. The quantitative estimate of drug-likeness (QED) is 0.851. The van der Waals surface area contributed by atoms with E-state index in [0.29, 0.717) is 6.54 Å². The van der Waals surface area contributed by atoms with Gasteiger partial charge in [0.1, 0.15) is 0 Å². The van der Waals surface area contributed by atoms with Gasteiger partial charge in [0, 0.05) is 24.1 Å². The van der Waals surface area contributed by atoms with Crippen LogP contribution in [0.25, 0.3) is 10.9 Å². The SMILES string of the molecule is Cn1ccc2c(Cl)c(CCCN)ccc21. The Morgan fingerprint density at radius 2 is 2.13 bits per heavy atom. The summed E-state index contributed by atoms with van der Waals surface area (Å²) < 4.78 is 2.08. The van der Waals surface area contributed by atoms with Crippen LogP contribution in [0.5, 0.6) is 0 Å². The van der Waals surface area contributed by atoms with E-state index in [4.69, 9.17) is 17.3 Å². The lowest BCUT2D eigenvalue weighted by atomic mass is 10.1. The molecule has 80 valence electrons. The Morgan fingerprint density at radius 1 is 1.33 bits per heavy atom. The molecule has 1 aromatic heterocycles. The van der Waals surface area contributed by atoms with E-state index in [0.717, 1.165) is 23.3 Å². The molecule has 0 aliphatic heterocycles. The van der Waals surface area contributed by atoms with Gasteiger partial charge in [0.2, 0.25) is 0 Å². The molecule has 0 fully saturated rings. The number of aryl methyl sites for hydroxylation is 2. The lowest BCUT2D eigenvalue weighted by molar-refractivity contribution is 0.833. The summed E-state index contributed by atoms with van der Waals surface area (Å²) in [6, 6.07) is 6.27. The number of fused-ring (bicyclic) bond motifs is 1. The maximum atomic E-state index is 6.34. The van der Waals surface area contributed by atoms with Gasteiger partial charge in [0.15, 0.2) is 0 Å². The van der Waals surface area contributed by atoms with E-state index in [-0.39, 0.29) is 0 Å². The van der Waals surface area contributed by atoms with E-state index in [2.05, 4.69) is 22.8 Å². The van der Waals surface area contributed by atoms with Gasteiger partial charge in [-0.05, 0) is 37.1 Å². The minimum atomic E-state index is 0.711. The minimum absolute atomic E-state index is 0.711. The molecule has 2 aromatic rings. The fourth-order valence-corrected chi connectivity index (χ4v) is 2.16. The summed E-state index contributed by atoms with van der Waals surface area (Å²) in [6.07, 6.45) is 3.97. The lowest BCUT2D eigenvalue weighted by Gasteiger charge is -2.05. The zero-order chi connectivity index (χ0) is 10.8. The third kappa shape index (κ3) is 1.87. The Balaban J connectivity index is 2.46. The first-order chi connectivity index (χ1) is 7.24. The second-order valence-electron chi connectivity index (χ2n) is 3.79. The normalized spacial score (nSPS) is 11.1. The minimum Gasteiger partial charge on any atom is -0.351 e. The highest BCUT2D eigenvalue weighted by Crippen LogP contribution is 2.28. The maximum Gasteiger partial charge on any atom is 0.0531 e. The van der Waals surface area contributed by atoms with E-state index >= 15 is 0 Å². The summed E-state index contributed by atoms with van der Waals surface area (Å²) in [5.74, 6) is 0. The van der Waals surface area contributed by atoms with Gasteiger partial charge < -0.3 is 10.3 Å². The zero-order valence-corrected chi connectivity index (χ0v) is 9.59. The Kier molecular flexibility index (Phi) is 2.98. The molecule has 15 heavy (non-hydrogen) atoms. The van der Waals surface area contributed by atoms with Crippen molar-refractivity contribution < 1.29 is 0 Å². The maximum absolute atomic E-state index is 6.34. The Bertz CT molecular complexity index is 474. The summed E-state index contributed by atoms with van der Waals surface area (Å²) >= 11 is 6.34. The number of aromatic nitrogens is 1. The topological polar surface area (TPSA) is 30.9 Å². The molecule has 0 spiro atoms. The van der Waals surface area contributed by atoms with Gasteiger partial charge in [-0.25, -0.2) is 0 Å². The summed E-state index contributed by atoms with van der Waals surface area (Å²) in [6.45, 7) is 0.711. The van der Waals surface area contributed by atoms with E-state index in [9.17, 15) is 0 Å². The Labute approximate surface area is 94.6 Å². The fraction of sp³-hybridized carbons (Fsp3) is 0.333. The van der Waals surface area contributed by atoms with Crippen LogP contribution in [0.15, 0.2) is 24.4 Å². The van der Waals surface area contributed by atoms with Crippen molar-refractivity contribution in [1.82, 2.24) is 4.57 Å². The van der Waals surface area contributed by atoms with Crippen LogP contribution in [0.2, 0.25) is 5.02 Å². The number of hydrogen-bond donors (Lipinski definition) is 1. The predicted octanol–water partition coefficient (Wildman–Crippen LogP) is 2.72. The first kappa shape index (κ1) is 10.5. The second-order valence-corrected chi connectivity index (χ2v) is 4.17. The fourth-order valence-electron chi connectivity index (χ4n) is 1.85. The van der Waals surface area contributed by atoms with E-state index in [1.165, 1.54) is 11.1 Å². The van der Waals surface area contributed by atoms with Crippen molar-refractivity contribution in [2.75, 3.05) is 6.54 Å². The van der Waals surface area contributed by atoms with Crippen LogP contribution in [0.4, 0.5) is 0 Å². The van der Waals surface area contributed by atoms with Crippen molar-refractivity contribution in [3.05, 3.63) is 35.0 Å². The average molecular weight is 223 g/mol. The standard InChI is InChI=1S/C12H15ClN2/c1-15-8-6-10-11(15)5-4-9(12(10)13)3-2-7-14/h4-6,8H,2-3,7,14H2,1H3. The Morgan fingerprint density at radius 3 is 2.87 bits per heavy atom. The molecule has 0 atom stereocenters. The smallest absolute Gasteiger partial charge is 0.0531 e. The third-order valence-corrected chi connectivity index (χ3v) is 3.18. The molecule has 0 bridgehead atoms. The second kappa shape index (κ2) is 4.25. The molecular formula is C12H15ClN2. The average Bonchev–Trinajstić information content (AvgIpc) is 2.61. The van der Waals surface area contributed by atoms with E-state index < -0.39 is 0 Å². The lowest BCUT2D eigenvalue weighted by Crippen LogP contribution is -2.00. The van der Waals surface area contributed by atoms with Crippen LogP contribution in [0.3, 0.4) is 0 Å². The molecule has 1 heterocycles. The van der Waals surface area contributed by atoms with Crippen molar-refractivity contribution in [3.63, 3.8) is 0 Å². The van der Waals surface area contributed by atoms with Crippen LogP contribution < -0.4 is 5.73 Å². The van der Waals surface area contributed by atoms with Crippen LogP contribution in [-0.2, 0) is 13.5 Å². The molecule has 3 heteroatoms. The van der Waals surface area contributed by atoms with Crippen molar-refractivity contribution in [2.45, 2.75) is 12.8 Å². The molecule has 0 saturated heterocycles. The molecular weight excluding hydrogens is 208 g/mol. The summed E-state index contributed by atoms with van der Waals surface area (Å²) in [7, 11) is 2.03. The van der Waals surface area contributed by atoms with Crippen LogP contribution in [-0.4, -0.2) is 11.1 Å². The van der Waals surface area contributed by atoms with Gasteiger partial charge in [-0.15, -0.1) is 0 Å².